The summed E-state index contributed by atoms with van der Waals surface area (Å²) in [7, 11) is 0. The van der Waals surface area contributed by atoms with Crippen LogP contribution in [0.15, 0.2) is 16.5 Å². The van der Waals surface area contributed by atoms with Crippen molar-refractivity contribution in [2.75, 3.05) is 19.3 Å². The second kappa shape index (κ2) is 6.55. The normalized spacial score (nSPS) is 14.0. The number of nitrogens with zero attached hydrogens (tertiary/aromatic N) is 3. The van der Waals surface area contributed by atoms with Crippen molar-refractivity contribution in [2.45, 2.75) is 23.5 Å². The maximum Gasteiger partial charge on any atom is 0.256 e. The maximum atomic E-state index is 12.8. The Hall–Kier alpha value is -1.78. The summed E-state index contributed by atoms with van der Waals surface area (Å²) in [6, 6.07) is 4.08. The lowest BCUT2D eigenvalue weighted by molar-refractivity contribution is 0.0736. The van der Waals surface area contributed by atoms with Crippen molar-refractivity contribution in [2.24, 2.45) is 0 Å². The Morgan fingerprint density at radius 2 is 2.45 bits per heavy atom. The highest BCUT2D eigenvalue weighted by molar-refractivity contribution is 8.00. The number of aromatic nitrogens is 2. The summed E-state index contributed by atoms with van der Waals surface area (Å²) >= 11 is 3.28. The van der Waals surface area contributed by atoms with Crippen molar-refractivity contribution in [3.8, 4) is 16.6 Å². The van der Waals surface area contributed by atoms with Crippen molar-refractivity contribution in [1.29, 1.82) is 5.26 Å². The van der Waals surface area contributed by atoms with Crippen LogP contribution in [0.4, 0.5) is 0 Å². The zero-order valence-electron chi connectivity index (χ0n) is 12.3. The van der Waals surface area contributed by atoms with E-state index in [0.29, 0.717) is 13.0 Å². The molecule has 114 valence electrons. The van der Waals surface area contributed by atoms with Gasteiger partial charge in [0, 0.05) is 25.7 Å². The maximum absolute atomic E-state index is 12.8. The minimum absolute atomic E-state index is 0.102. The monoisotopic (exact) mass is 332 g/mol. The molecule has 0 spiro atoms. The molecule has 0 aromatic carbocycles. The fourth-order valence-electron chi connectivity index (χ4n) is 2.71. The fraction of sp³-hybridized carbons (Fsp3) is 0.400. The Labute approximate surface area is 137 Å². The van der Waals surface area contributed by atoms with Gasteiger partial charge in [0.2, 0.25) is 0 Å². The Balaban J connectivity index is 1.93. The molecule has 3 rings (SSSR count). The largest absolute Gasteiger partial charge is 0.338 e. The average Bonchev–Trinajstić information content (AvgIpc) is 3.16. The molecule has 3 heterocycles. The number of amides is 1. The van der Waals surface area contributed by atoms with Gasteiger partial charge in [-0.1, -0.05) is 0 Å². The van der Waals surface area contributed by atoms with Gasteiger partial charge in [-0.3, -0.25) is 9.89 Å². The lowest BCUT2D eigenvalue weighted by atomic mass is 10.0. The zero-order chi connectivity index (χ0) is 15.5. The molecule has 0 unspecified atom stereocenters. The van der Waals surface area contributed by atoms with Crippen LogP contribution in [0.1, 0.15) is 28.8 Å². The van der Waals surface area contributed by atoms with Crippen molar-refractivity contribution in [1.82, 2.24) is 15.1 Å². The van der Waals surface area contributed by atoms with Crippen LogP contribution in [0.5, 0.6) is 0 Å². The van der Waals surface area contributed by atoms with Gasteiger partial charge in [-0.05, 0) is 30.7 Å². The molecular weight excluding hydrogens is 316 g/mol. The van der Waals surface area contributed by atoms with E-state index in [9.17, 15) is 4.79 Å². The first-order valence-corrected chi connectivity index (χ1v) is 9.16. The van der Waals surface area contributed by atoms with Gasteiger partial charge < -0.3 is 4.90 Å². The molecule has 0 radical (unpaired) electrons. The minimum Gasteiger partial charge on any atom is -0.338 e. The predicted octanol–water partition coefficient (Wildman–Crippen LogP) is 3.16. The Kier molecular flexibility index (Phi) is 4.50. The van der Waals surface area contributed by atoms with Gasteiger partial charge in [-0.2, -0.15) is 10.4 Å². The van der Waals surface area contributed by atoms with Gasteiger partial charge in [0.1, 0.15) is 0 Å². The molecule has 0 atom stereocenters. The third-order valence-electron chi connectivity index (χ3n) is 3.75. The van der Waals surface area contributed by atoms with Gasteiger partial charge >= 0.3 is 0 Å². The number of carbonyl (C=O) groups excluding carboxylic acids is 1. The Bertz CT molecular complexity index is 715. The number of carbonyl (C=O) groups is 1. The summed E-state index contributed by atoms with van der Waals surface area (Å²) in [5.41, 5.74) is 2.97. The van der Waals surface area contributed by atoms with Crippen LogP contribution in [-0.2, 0) is 6.42 Å². The first kappa shape index (κ1) is 15.1. The number of rotatable bonds is 5. The lowest BCUT2D eigenvalue weighted by Crippen LogP contribution is -2.38. The average molecular weight is 332 g/mol. The number of aromatic amines is 1. The topological polar surface area (TPSA) is 72.8 Å². The number of hydrogen-bond donors (Lipinski definition) is 1. The van der Waals surface area contributed by atoms with Gasteiger partial charge in [0.15, 0.2) is 0 Å². The molecule has 0 fully saturated rings. The molecule has 1 amide bonds. The van der Waals surface area contributed by atoms with Crippen LogP contribution in [-0.4, -0.2) is 40.3 Å². The van der Waals surface area contributed by atoms with E-state index in [4.69, 9.17) is 5.26 Å². The number of nitrogens with one attached hydrogen (secondary N) is 1. The smallest absolute Gasteiger partial charge is 0.256 e. The minimum atomic E-state index is 0.102. The van der Waals surface area contributed by atoms with E-state index in [1.54, 1.807) is 29.3 Å². The molecule has 2 aromatic heterocycles. The molecule has 0 aliphatic carbocycles. The molecule has 5 nitrogen and oxygen atoms in total. The fourth-order valence-corrected chi connectivity index (χ4v) is 4.76. The third kappa shape index (κ3) is 2.64. The molecule has 0 saturated carbocycles. The number of thioether (sulfide) groups is 1. The second-order valence-electron chi connectivity index (χ2n) is 5.05. The molecular formula is C15H16N4OS2. The second-order valence-corrected chi connectivity index (χ2v) is 7.15. The van der Waals surface area contributed by atoms with E-state index in [2.05, 4.69) is 16.3 Å². The first-order valence-electron chi connectivity index (χ1n) is 7.12. The van der Waals surface area contributed by atoms with Gasteiger partial charge in [-0.15, -0.1) is 23.1 Å². The molecule has 7 heteroatoms. The summed E-state index contributed by atoms with van der Waals surface area (Å²) in [5.74, 6) is 0.102. The summed E-state index contributed by atoms with van der Waals surface area (Å²) in [6.07, 6.45) is 5.83. The predicted molar refractivity (Wildman–Crippen MR) is 88.1 cm³/mol. The SMILES string of the molecule is CSc1sc(-c2ccn[nH]2)c2c1C(=O)N(CCCC#N)CC2. The van der Waals surface area contributed by atoms with E-state index in [0.717, 1.165) is 45.3 Å². The van der Waals surface area contributed by atoms with E-state index in [-0.39, 0.29) is 5.91 Å². The number of thiophene rings is 1. The molecule has 1 aliphatic rings. The van der Waals surface area contributed by atoms with Gasteiger partial charge in [0.25, 0.3) is 5.91 Å². The quantitative estimate of drug-likeness (QED) is 0.674. The van der Waals surface area contributed by atoms with Crippen molar-refractivity contribution in [3.63, 3.8) is 0 Å². The van der Waals surface area contributed by atoms with Crippen LogP contribution in [0, 0.1) is 11.3 Å². The molecule has 2 aromatic rings. The zero-order valence-corrected chi connectivity index (χ0v) is 13.9. The van der Waals surface area contributed by atoms with Crippen LogP contribution < -0.4 is 0 Å². The molecule has 0 saturated heterocycles. The van der Waals surface area contributed by atoms with Crippen LogP contribution in [0.3, 0.4) is 0 Å². The highest BCUT2D eigenvalue weighted by atomic mass is 32.2. The number of fused-ring (bicyclic) bond motifs is 1. The highest BCUT2D eigenvalue weighted by Gasteiger charge is 2.31. The summed E-state index contributed by atoms with van der Waals surface area (Å²) < 4.78 is 1.06. The van der Waals surface area contributed by atoms with E-state index >= 15 is 0 Å². The molecule has 1 aliphatic heterocycles. The van der Waals surface area contributed by atoms with Crippen LogP contribution in [0.25, 0.3) is 10.6 Å². The van der Waals surface area contributed by atoms with Crippen molar-refractivity contribution >= 4 is 29.0 Å². The Morgan fingerprint density at radius 1 is 1.59 bits per heavy atom. The number of hydrogen-bond acceptors (Lipinski definition) is 5. The molecule has 22 heavy (non-hydrogen) atoms. The van der Waals surface area contributed by atoms with Crippen molar-refractivity contribution < 1.29 is 4.79 Å². The number of H-pyrrole nitrogens is 1. The van der Waals surface area contributed by atoms with Gasteiger partial charge in [0.05, 0.1) is 26.4 Å². The molecule has 0 bridgehead atoms. The van der Waals surface area contributed by atoms with E-state index in [1.165, 1.54) is 0 Å². The Morgan fingerprint density at radius 3 is 3.14 bits per heavy atom. The van der Waals surface area contributed by atoms with Crippen LogP contribution >= 0.6 is 23.1 Å². The number of nitriles is 1. The summed E-state index contributed by atoms with van der Waals surface area (Å²) in [5, 5.41) is 15.7. The van der Waals surface area contributed by atoms with Crippen molar-refractivity contribution in [3.05, 3.63) is 23.4 Å². The lowest BCUT2D eigenvalue weighted by Gasteiger charge is -2.27. The van der Waals surface area contributed by atoms with E-state index < -0.39 is 0 Å². The summed E-state index contributed by atoms with van der Waals surface area (Å²) in [4.78, 5) is 15.8. The number of unbranched alkanes of at least 4 members (excludes halogenated alkanes) is 1. The first-order chi connectivity index (χ1) is 10.8. The van der Waals surface area contributed by atoms with Gasteiger partial charge in [-0.25, -0.2) is 0 Å². The standard InChI is InChI=1S/C15H16N4OS2/c1-21-15-12-10(13(22-15)11-4-7-17-18-11)5-9-19(14(12)20)8-3-2-6-16/h4,7H,2-3,5,8-9H2,1H3,(H,17,18). The third-order valence-corrected chi connectivity index (χ3v) is 6.14. The molecule has 1 N–H and O–H groups in total. The summed E-state index contributed by atoms with van der Waals surface area (Å²) in [6.45, 7) is 1.39. The highest BCUT2D eigenvalue weighted by Crippen LogP contribution is 2.42. The van der Waals surface area contributed by atoms with Crippen LogP contribution in [0.2, 0.25) is 0 Å². The van der Waals surface area contributed by atoms with E-state index in [1.807, 2.05) is 17.2 Å².